The van der Waals surface area contributed by atoms with Crippen molar-refractivity contribution < 1.29 is 31.1 Å². The molecule has 0 spiro atoms. The molecule has 0 bridgehead atoms. The van der Waals surface area contributed by atoms with E-state index in [0.717, 1.165) is 11.1 Å². The van der Waals surface area contributed by atoms with Gasteiger partial charge in [-0.15, -0.1) is 0 Å². The second kappa shape index (κ2) is 9.12. The minimum Gasteiger partial charge on any atom is -0.453 e. The van der Waals surface area contributed by atoms with Crippen molar-refractivity contribution in [1.82, 2.24) is 9.62 Å². The van der Waals surface area contributed by atoms with E-state index in [2.05, 4.69) is 9.46 Å². The Kier molecular flexibility index (Phi) is 6.42. The standard InChI is InChI=1S/C23H21F3N2O4S/c24-23(25,26)22(29)32-19(15-28-13-17-7-1-2-8-18(17)14-28)12-27-33(30,31)21-11-5-9-16-6-3-4-10-20(16)21/h1-11,19,27H,12-15H2/t19-/m0/s1. The minimum absolute atomic E-state index is 0.00456. The molecular weight excluding hydrogens is 457 g/mol. The van der Waals surface area contributed by atoms with Crippen LogP contribution in [0.3, 0.4) is 0 Å². The molecule has 0 saturated heterocycles. The van der Waals surface area contributed by atoms with Crippen molar-refractivity contribution in [2.75, 3.05) is 13.1 Å². The predicted molar refractivity (Wildman–Crippen MR) is 116 cm³/mol. The lowest BCUT2D eigenvalue weighted by Crippen LogP contribution is -2.43. The topological polar surface area (TPSA) is 75.7 Å². The molecule has 1 atom stereocenters. The summed E-state index contributed by atoms with van der Waals surface area (Å²) in [6, 6.07) is 19.2. The molecule has 1 N–H and O–H groups in total. The first-order chi connectivity index (χ1) is 15.6. The van der Waals surface area contributed by atoms with Crippen molar-refractivity contribution in [3.05, 3.63) is 77.9 Å². The highest BCUT2D eigenvalue weighted by atomic mass is 32.2. The van der Waals surface area contributed by atoms with Crippen molar-refractivity contribution in [3.8, 4) is 0 Å². The zero-order valence-electron chi connectivity index (χ0n) is 17.4. The molecule has 4 rings (SSSR count). The van der Waals surface area contributed by atoms with E-state index in [1.54, 1.807) is 36.4 Å². The van der Waals surface area contributed by atoms with Crippen LogP contribution in [0.25, 0.3) is 10.8 Å². The number of carbonyl (C=O) groups excluding carboxylic acids is 1. The second-order valence-corrected chi connectivity index (χ2v) is 9.53. The van der Waals surface area contributed by atoms with Crippen molar-refractivity contribution >= 4 is 26.8 Å². The Hall–Kier alpha value is -2.95. The van der Waals surface area contributed by atoms with Gasteiger partial charge in [0.2, 0.25) is 10.0 Å². The number of alkyl halides is 3. The third-order valence-corrected chi connectivity index (χ3v) is 6.90. The van der Waals surface area contributed by atoms with Crippen molar-refractivity contribution in [2.24, 2.45) is 0 Å². The predicted octanol–water partition coefficient (Wildman–Crippen LogP) is 3.61. The Morgan fingerprint density at radius 1 is 0.970 bits per heavy atom. The van der Waals surface area contributed by atoms with Gasteiger partial charge in [-0.05, 0) is 22.6 Å². The number of rotatable bonds is 7. The van der Waals surface area contributed by atoms with E-state index in [1.165, 1.54) is 6.07 Å². The summed E-state index contributed by atoms with van der Waals surface area (Å²) in [6.45, 7) is 0.368. The summed E-state index contributed by atoms with van der Waals surface area (Å²) in [7, 11) is -4.08. The fourth-order valence-electron chi connectivity index (χ4n) is 3.89. The van der Waals surface area contributed by atoms with E-state index in [9.17, 15) is 26.4 Å². The number of hydrogen-bond acceptors (Lipinski definition) is 5. The molecule has 10 heteroatoms. The largest absolute Gasteiger partial charge is 0.490 e. The van der Waals surface area contributed by atoms with Crippen LogP contribution in [0.2, 0.25) is 0 Å². The van der Waals surface area contributed by atoms with Crippen LogP contribution in [0, 0.1) is 0 Å². The van der Waals surface area contributed by atoms with Gasteiger partial charge >= 0.3 is 12.1 Å². The lowest BCUT2D eigenvalue weighted by molar-refractivity contribution is -0.205. The molecule has 0 aromatic heterocycles. The van der Waals surface area contributed by atoms with Gasteiger partial charge in [-0.25, -0.2) is 17.9 Å². The number of fused-ring (bicyclic) bond motifs is 2. The highest BCUT2D eigenvalue weighted by molar-refractivity contribution is 7.89. The molecule has 0 saturated carbocycles. The highest BCUT2D eigenvalue weighted by Crippen LogP contribution is 2.25. The molecule has 6 nitrogen and oxygen atoms in total. The van der Waals surface area contributed by atoms with Crippen molar-refractivity contribution in [1.29, 1.82) is 0 Å². The van der Waals surface area contributed by atoms with Crippen LogP contribution >= 0.6 is 0 Å². The molecule has 0 radical (unpaired) electrons. The lowest BCUT2D eigenvalue weighted by atomic mass is 10.1. The first-order valence-electron chi connectivity index (χ1n) is 10.2. The molecule has 33 heavy (non-hydrogen) atoms. The second-order valence-electron chi connectivity index (χ2n) is 7.79. The fraction of sp³-hybridized carbons (Fsp3) is 0.261. The first kappa shape index (κ1) is 23.2. The summed E-state index contributed by atoms with van der Waals surface area (Å²) in [4.78, 5) is 13.3. The van der Waals surface area contributed by atoms with E-state index >= 15 is 0 Å². The number of esters is 1. The van der Waals surface area contributed by atoms with Crippen LogP contribution in [-0.4, -0.2) is 44.7 Å². The number of hydrogen-bond donors (Lipinski definition) is 1. The Balaban J connectivity index is 1.51. The highest BCUT2D eigenvalue weighted by Gasteiger charge is 2.42. The van der Waals surface area contributed by atoms with Gasteiger partial charge in [-0.1, -0.05) is 60.7 Å². The number of carbonyl (C=O) groups is 1. The third kappa shape index (κ3) is 5.35. The maximum Gasteiger partial charge on any atom is 0.490 e. The lowest BCUT2D eigenvalue weighted by Gasteiger charge is -2.24. The number of nitrogens with one attached hydrogen (secondary N) is 1. The van der Waals surface area contributed by atoms with Crippen LogP contribution in [0.1, 0.15) is 11.1 Å². The summed E-state index contributed by atoms with van der Waals surface area (Å²) < 4.78 is 71.4. The maximum absolute atomic E-state index is 13.0. The number of halogens is 3. The summed E-state index contributed by atoms with van der Waals surface area (Å²) in [5.74, 6) is -2.35. The molecule has 1 aliphatic rings. The molecule has 0 amide bonds. The molecule has 0 aliphatic carbocycles. The van der Waals surface area contributed by atoms with Crippen molar-refractivity contribution in [3.63, 3.8) is 0 Å². The van der Waals surface area contributed by atoms with Crippen LogP contribution in [0.4, 0.5) is 13.2 Å². The number of ether oxygens (including phenoxy) is 1. The Labute approximate surface area is 189 Å². The van der Waals surface area contributed by atoms with E-state index in [4.69, 9.17) is 0 Å². The van der Waals surface area contributed by atoms with E-state index in [0.29, 0.717) is 23.9 Å². The Morgan fingerprint density at radius 3 is 2.24 bits per heavy atom. The summed E-state index contributed by atoms with van der Waals surface area (Å²) in [6.07, 6.45) is -6.51. The summed E-state index contributed by atoms with van der Waals surface area (Å²) in [5, 5.41) is 1.18. The van der Waals surface area contributed by atoms with Crippen LogP contribution in [0.5, 0.6) is 0 Å². The molecule has 3 aromatic rings. The number of benzene rings is 3. The Morgan fingerprint density at radius 2 is 1.58 bits per heavy atom. The van der Waals surface area contributed by atoms with Gasteiger partial charge in [0.15, 0.2) is 0 Å². The molecule has 1 heterocycles. The monoisotopic (exact) mass is 478 g/mol. The average molecular weight is 478 g/mol. The zero-order valence-corrected chi connectivity index (χ0v) is 18.2. The summed E-state index contributed by atoms with van der Waals surface area (Å²) >= 11 is 0. The molecule has 0 unspecified atom stereocenters. The van der Waals surface area contributed by atoms with E-state index in [1.807, 2.05) is 29.2 Å². The third-order valence-electron chi connectivity index (χ3n) is 5.41. The van der Waals surface area contributed by atoms with Gasteiger partial charge in [0, 0.05) is 31.6 Å². The number of nitrogens with zero attached hydrogens (tertiary/aromatic N) is 1. The van der Waals surface area contributed by atoms with Gasteiger partial charge in [0.25, 0.3) is 0 Å². The fourth-order valence-corrected chi connectivity index (χ4v) is 5.19. The maximum atomic E-state index is 13.0. The normalized spacial score (nSPS) is 15.4. The zero-order chi connectivity index (χ0) is 23.6. The SMILES string of the molecule is O=C(O[C@@H](CNS(=O)(=O)c1cccc2ccccc12)CN1Cc2ccccc2C1)C(F)(F)F. The molecule has 174 valence electrons. The molecule has 0 fully saturated rings. The van der Waals surface area contributed by atoms with Crippen molar-refractivity contribution in [2.45, 2.75) is 30.3 Å². The van der Waals surface area contributed by atoms with Gasteiger partial charge in [0.05, 0.1) is 4.90 Å². The van der Waals surface area contributed by atoms with Crippen LogP contribution in [0.15, 0.2) is 71.6 Å². The first-order valence-corrected chi connectivity index (χ1v) is 11.7. The molecular formula is C23H21F3N2O4S. The average Bonchev–Trinajstić information content (AvgIpc) is 3.19. The number of sulfonamides is 1. The van der Waals surface area contributed by atoms with E-state index < -0.39 is 34.8 Å². The van der Waals surface area contributed by atoms with Gasteiger partial charge in [0.1, 0.15) is 6.10 Å². The van der Waals surface area contributed by atoms with Crippen LogP contribution < -0.4 is 4.72 Å². The van der Waals surface area contributed by atoms with Gasteiger partial charge in [-0.3, -0.25) is 4.90 Å². The van der Waals surface area contributed by atoms with E-state index in [-0.39, 0.29) is 11.4 Å². The van der Waals surface area contributed by atoms with Gasteiger partial charge < -0.3 is 4.74 Å². The minimum atomic E-state index is -5.18. The smallest absolute Gasteiger partial charge is 0.453 e. The summed E-state index contributed by atoms with van der Waals surface area (Å²) in [5.41, 5.74) is 2.05. The quantitative estimate of drug-likeness (QED) is 0.525. The van der Waals surface area contributed by atoms with Gasteiger partial charge in [-0.2, -0.15) is 13.2 Å². The molecule has 1 aliphatic heterocycles. The Bertz CT molecular complexity index is 1250. The van der Waals surface area contributed by atoms with Crippen LogP contribution in [-0.2, 0) is 32.6 Å². The molecule has 3 aromatic carbocycles.